The number of ether oxygens (including phenoxy) is 1. The molecule has 35 heavy (non-hydrogen) atoms. The first-order valence-corrected chi connectivity index (χ1v) is 11.3. The van der Waals surface area contributed by atoms with Crippen LogP contribution in [0, 0.1) is 13.8 Å². The van der Waals surface area contributed by atoms with Crippen LogP contribution in [0.3, 0.4) is 0 Å². The summed E-state index contributed by atoms with van der Waals surface area (Å²) in [6, 6.07) is 24.9. The van der Waals surface area contributed by atoms with Crippen molar-refractivity contribution in [3.05, 3.63) is 112 Å². The van der Waals surface area contributed by atoms with Crippen LogP contribution in [0.4, 0.5) is 0 Å². The number of nitrogens with zero attached hydrogens (tertiary/aromatic N) is 4. The van der Waals surface area contributed by atoms with Gasteiger partial charge in [-0.1, -0.05) is 78.4 Å². The maximum absolute atomic E-state index is 13.9. The Balaban J connectivity index is 1.89. The highest BCUT2D eigenvalue weighted by molar-refractivity contribution is 6.00. The first kappa shape index (κ1) is 22.3. The number of fused-ring (bicyclic) bond motifs is 1. The highest BCUT2D eigenvalue weighted by atomic mass is 16.5. The molecule has 0 atom stereocenters. The summed E-state index contributed by atoms with van der Waals surface area (Å²) in [4.78, 5) is 36.3. The van der Waals surface area contributed by atoms with Gasteiger partial charge in [0.05, 0.1) is 19.3 Å². The SMILES string of the molecule is COC(=O)c1nc(-c2ccc(C)cc2)nc2c1n(Cc1ccccc1)c(=O)n2-c1ccccc1C. The molecular formula is C28H24N4O3. The Kier molecular flexibility index (Phi) is 5.74. The van der Waals surface area contributed by atoms with E-state index in [4.69, 9.17) is 9.72 Å². The third-order valence-electron chi connectivity index (χ3n) is 6.00. The number of rotatable bonds is 5. The molecule has 0 saturated heterocycles. The largest absolute Gasteiger partial charge is 0.464 e. The van der Waals surface area contributed by atoms with Gasteiger partial charge in [0.1, 0.15) is 5.52 Å². The van der Waals surface area contributed by atoms with Crippen LogP contribution in [-0.2, 0) is 11.3 Å². The fourth-order valence-corrected chi connectivity index (χ4v) is 4.17. The Morgan fingerprint density at radius 3 is 2.26 bits per heavy atom. The Labute approximate surface area is 202 Å². The van der Waals surface area contributed by atoms with Gasteiger partial charge < -0.3 is 4.74 Å². The highest BCUT2D eigenvalue weighted by Gasteiger charge is 2.26. The minimum absolute atomic E-state index is 0.0495. The van der Waals surface area contributed by atoms with Crippen molar-refractivity contribution in [2.24, 2.45) is 0 Å². The van der Waals surface area contributed by atoms with Gasteiger partial charge in [-0.3, -0.25) is 4.57 Å². The molecule has 0 aliphatic rings. The van der Waals surface area contributed by atoms with E-state index in [0.717, 1.165) is 22.3 Å². The minimum atomic E-state index is -0.630. The van der Waals surface area contributed by atoms with Crippen molar-refractivity contribution in [3.63, 3.8) is 0 Å². The van der Waals surface area contributed by atoms with Gasteiger partial charge in [0.2, 0.25) is 0 Å². The second kappa shape index (κ2) is 9.02. The van der Waals surface area contributed by atoms with Gasteiger partial charge in [-0.15, -0.1) is 0 Å². The van der Waals surface area contributed by atoms with E-state index in [-0.39, 0.29) is 17.9 Å². The fourth-order valence-electron chi connectivity index (χ4n) is 4.17. The molecule has 0 N–H and O–H groups in total. The number of hydrogen-bond donors (Lipinski definition) is 0. The topological polar surface area (TPSA) is 79.0 Å². The summed E-state index contributed by atoms with van der Waals surface area (Å²) in [5.74, 6) is -0.286. The van der Waals surface area contributed by atoms with Crippen LogP contribution in [0.5, 0.6) is 0 Å². The monoisotopic (exact) mass is 464 g/mol. The van der Waals surface area contributed by atoms with E-state index in [2.05, 4.69) is 4.98 Å². The Bertz CT molecular complexity index is 1600. The van der Waals surface area contributed by atoms with Crippen molar-refractivity contribution in [2.75, 3.05) is 7.11 Å². The molecule has 3 aromatic carbocycles. The van der Waals surface area contributed by atoms with Crippen LogP contribution in [0.2, 0.25) is 0 Å². The summed E-state index contributed by atoms with van der Waals surface area (Å²) in [5.41, 5.74) is 4.78. The standard InChI is InChI=1S/C28H24N4O3/c1-18-13-15-21(16-14-18)25-29-23(27(33)35-3)24-26(30-25)32(22-12-8-7-9-19(22)2)28(34)31(24)17-20-10-5-4-6-11-20/h4-16H,17H2,1-3H3. The first-order valence-electron chi connectivity index (χ1n) is 11.3. The van der Waals surface area contributed by atoms with Crippen LogP contribution in [0.1, 0.15) is 27.2 Å². The summed E-state index contributed by atoms with van der Waals surface area (Å²) >= 11 is 0. The number of benzene rings is 3. The van der Waals surface area contributed by atoms with Gasteiger partial charge >= 0.3 is 11.7 Å². The van der Waals surface area contributed by atoms with Crippen molar-refractivity contribution in [3.8, 4) is 17.1 Å². The summed E-state index contributed by atoms with van der Waals surface area (Å²) in [6.45, 7) is 4.19. The quantitative estimate of drug-likeness (QED) is 0.352. The minimum Gasteiger partial charge on any atom is -0.464 e. The van der Waals surface area contributed by atoms with Crippen molar-refractivity contribution < 1.29 is 9.53 Å². The third-order valence-corrected chi connectivity index (χ3v) is 6.00. The molecule has 0 spiro atoms. The lowest BCUT2D eigenvalue weighted by molar-refractivity contribution is 0.0596. The summed E-state index contributed by atoms with van der Waals surface area (Å²) in [5, 5.41) is 0. The van der Waals surface area contributed by atoms with Crippen molar-refractivity contribution in [1.29, 1.82) is 0 Å². The number of aromatic nitrogens is 4. The molecule has 0 unspecified atom stereocenters. The zero-order valence-corrected chi connectivity index (χ0v) is 19.7. The highest BCUT2D eigenvalue weighted by Crippen LogP contribution is 2.26. The van der Waals surface area contributed by atoms with Crippen LogP contribution >= 0.6 is 0 Å². The van der Waals surface area contributed by atoms with Crippen molar-refractivity contribution in [2.45, 2.75) is 20.4 Å². The molecule has 5 aromatic rings. The molecular weight excluding hydrogens is 440 g/mol. The second-order valence-electron chi connectivity index (χ2n) is 8.40. The smallest absolute Gasteiger partial charge is 0.359 e. The molecule has 0 aliphatic carbocycles. The number of para-hydroxylation sites is 1. The van der Waals surface area contributed by atoms with E-state index in [9.17, 15) is 9.59 Å². The third kappa shape index (κ3) is 4.01. The average Bonchev–Trinajstić information content (AvgIpc) is 3.15. The summed E-state index contributed by atoms with van der Waals surface area (Å²) in [7, 11) is 1.31. The zero-order valence-electron chi connectivity index (χ0n) is 19.7. The average molecular weight is 465 g/mol. The first-order chi connectivity index (χ1) is 17.0. The zero-order chi connectivity index (χ0) is 24.5. The van der Waals surface area contributed by atoms with E-state index in [1.165, 1.54) is 7.11 Å². The maximum atomic E-state index is 13.9. The van der Waals surface area contributed by atoms with Crippen molar-refractivity contribution >= 4 is 17.1 Å². The molecule has 0 amide bonds. The lowest BCUT2D eigenvalue weighted by Gasteiger charge is -2.09. The Morgan fingerprint density at radius 1 is 0.886 bits per heavy atom. The predicted octanol–water partition coefficient (Wildman–Crippen LogP) is 4.70. The summed E-state index contributed by atoms with van der Waals surface area (Å²) in [6.07, 6.45) is 0. The molecule has 2 aromatic heterocycles. The van der Waals surface area contributed by atoms with E-state index < -0.39 is 5.97 Å². The fraction of sp³-hybridized carbons (Fsp3) is 0.143. The lowest BCUT2D eigenvalue weighted by atomic mass is 10.1. The van der Waals surface area contributed by atoms with E-state index in [1.54, 1.807) is 9.13 Å². The number of methoxy groups -OCH3 is 1. The Morgan fingerprint density at radius 2 is 1.57 bits per heavy atom. The van der Waals surface area contributed by atoms with E-state index in [1.807, 2.05) is 92.7 Å². The number of carbonyl (C=O) groups excluding carboxylic acids is 1. The molecule has 0 bridgehead atoms. The molecule has 0 aliphatic heterocycles. The number of carbonyl (C=O) groups is 1. The Hall–Kier alpha value is -4.52. The number of imidazole rings is 1. The molecule has 0 radical (unpaired) electrons. The predicted molar refractivity (Wildman–Crippen MR) is 135 cm³/mol. The molecule has 7 nitrogen and oxygen atoms in total. The number of aryl methyl sites for hydroxylation is 2. The van der Waals surface area contributed by atoms with Gasteiger partial charge in [-0.25, -0.2) is 24.1 Å². The van der Waals surface area contributed by atoms with Gasteiger partial charge in [-0.05, 0) is 31.0 Å². The lowest BCUT2D eigenvalue weighted by Crippen LogP contribution is -2.24. The van der Waals surface area contributed by atoms with Crippen LogP contribution in [0.25, 0.3) is 28.2 Å². The van der Waals surface area contributed by atoms with E-state index >= 15 is 0 Å². The van der Waals surface area contributed by atoms with Gasteiger partial charge in [0.25, 0.3) is 0 Å². The van der Waals surface area contributed by atoms with Crippen LogP contribution in [0.15, 0.2) is 83.7 Å². The molecule has 5 rings (SSSR count). The molecule has 0 fully saturated rings. The molecule has 0 saturated carbocycles. The normalized spacial score (nSPS) is 11.1. The van der Waals surface area contributed by atoms with E-state index in [0.29, 0.717) is 22.7 Å². The van der Waals surface area contributed by atoms with Gasteiger partial charge in [0, 0.05) is 5.56 Å². The molecule has 174 valence electrons. The van der Waals surface area contributed by atoms with Crippen LogP contribution < -0.4 is 5.69 Å². The second-order valence-corrected chi connectivity index (χ2v) is 8.40. The van der Waals surface area contributed by atoms with Crippen LogP contribution in [-0.4, -0.2) is 32.2 Å². The molecule has 7 heteroatoms. The van der Waals surface area contributed by atoms with Gasteiger partial charge in [-0.2, -0.15) is 0 Å². The van der Waals surface area contributed by atoms with Crippen molar-refractivity contribution in [1.82, 2.24) is 19.1 Å². The summed E-state index contributed by atoms with van der Waals surface area (Å²) < 4.78 is 8.18. The maximum Gasteiger partial charge on any atom is 0.359 e. The number of esters is 1. The molecule has 2 heterocycles. The number of hydrogen-bond acceptors (Lipinski definition) is 5. The van der Waals surface area contributed by atoms with Gasteiger partial charge in [0.15, 0.2) is 17.2 Å².